The Morgan fingerprint density at radius 3 is 2.44 bits per heavy atom. The number of carbonyl (C=O) groups is 1. The van der Waals surface area contributed by atoms with E-state index in [4.69, 9.17) is 4.74 Å². The van der Waals surface area contributed by atoms with Crippen LogP contribution < -0.4 is 0 Å². The molecule has 4 aliphatic carbocycles. The summed E-state index contributed by atoms with van der Waals surface area (Å²) in [6.07, 6.45) is 14.9. The zero-order valence-corrected chi connectivity index (χ0v) is 22.1. The summed E-state index contributed by atoms with van der Waals surface area (Å²) in [6, 6.07) is 0. The molecule has 0 heterocycles. The predicted molar refractivity (Wildman–Crippen MR) is 133 cm³/mol. The van der Waals surface area contributed by atoms with Crippen LogP contribution in [-0.2, 0) is 9.53 Å². The van der Waals surface area contributed by atoms with Gasteiger partial charge in [-0.1, -0.05) is 59.5 Å². The van der Waals surface area contributed by atoms with Gasteiger partial charge in [-0.25, -0.2) is 0 Å². The van der Waals surface area contributed by atoms with E-state index in [1.165, 1.54) is 69.8 Å². The van der Waals surface area contributed by atoms with Crippen molar-refractivity contribution in [1.82, 2.24) is 0 Å². The second kappa shape index (κ2) is 9.10. The lowest BCUT2D eigenvalue weighted by Crippen LogP contribution is -2.51. The van der Waals surface area contributed by atoms with Gasteiger partial charge in [-0.15, -0.1) is 0 Å². The maximum absolute atomic E-state index is 11.6. The van der Waals surface area contributed by atoms with Crippen LogP contribution in [0.1, 0.15) is 119 Å². The first-order valence-corrected chi connectivity index (χ1v) is 13.9. The van der Waals surface area contributed by atoms with Crippen molar-refractivity contribution >= 4 is 5.97 Å². The molecule has 3 fully saturated rings. The molecule has 8 unspecified atom stereocenters. The van der Waals surface area contributed by atoms with Crippen LogP contribution in [0.3, 0.4) is 0 Å². The highest BCUT2D eigenvalue weighted by Gasteiger charge is 2.59. The number of fused-ring (bicyclic) bond motifs is 5. The van der Waals surface area contributed by atoms with Crippen molar-refractivity contribution in [2.45, 2.75) is 125 Å². The van der Waals surface area contributed by atoms with Crippen LogP contribution in [0, 0.1) is 46.3 Å². The molecule has 8 atom stereocenters. The lowest BCUT2D eigenvalue weighted by atomic mass is 9.46. The SMILES string of the molecule is CC(=O)OC1CCC2(C)C(=C1C)CCC1C2CCC2(C)C(C(C)CCCC(C)C)CCC12. The van der Waals surface area contributed by atoms with Crippen molar-refractivity contribution in [3.8, 4) is 0 Å². The van der Waals surface area contributed by atoms with Gasteiger partial charge >= 0.3 is 5.97 Å². The molecule has 4 rings (SSSR count). The lowest BCUT2D eigenvalue weighted by Gasteiger charge is -2.59. The monoisotopic (exact) mass is 442 g/mol. The van der Waals surface area contributed by atoms with Crippen molar-refractivity contribution in [2.75, 3.05) is 0 Å². The zero-order chi connectivity index (χ0) is 23.3. The molecule has 32 heavy (non-hydrogen) atoms. The van der Waals surface area contributed by atoms with Gasteiger partial charge < -0.3 is 4.74 Å². The first-order chi connectivity index (χ1) is 15.1. The summed E-state index contributed by atoms with van der Waals surface area (Å²) in [7, 11) is 0. The number of rotatable bonds is 6. The molecule has 0 aromatic rings. The molecule has 0 aliphatic heterocycles. The Labute approximate surface area is 198 Å². The number of carbonyl (C=O) groups excluding carboxylic acids is 1. The Hall–Kier alpha value is -0.790. The average Bonchev–Trinajstić information content (AvgIpc) is 3.07. The Balaban J connectivity index is 1.50. The van der Waals surface area contributed by atoms with E-state index < -0.39 is 0 Å². The molecule has 0 aromatic heterocycles. The molecule has 0 saturated heterocycles. The van der Waals surface area contributed by atoms with E-state index in [1.807, 2.05) is 0 Å². The van der Waals surface area contributed by atoms with Gasteiger partial charge in [0.05, 0.1) is 0 Å². The van der Waals surface area contributed by atoms with Crippen LogP contribution in [0.2, 0.25) is 0 Å². The van der Waals surface area contributed by atoms with Gasteiger partial charge in [-0.05, 0) is 110 Å². The topological polar surface area (TPSA) is 26.3 Å². The summed E-state index contributed by atoms with van der Waals surface area (Å²) < 4.78 is 5.71. The zero-order valence-electron chi connectivity index (χ0n) is 22.1. The summed E-state index contributed by atoms with van der Waals surface area (Å²) >= 11 is 0. The van der Waals surface area contributed by atoms with E-state index in [0.29, 0.717) is 10.8 Å². The summed E-state index contributed by atoms with van der Waals surface area (Å²) in [6.45, 7) is 16.4. The molecule has 2 heteroatoms. The first kappa shape index (κ1) is 24.3. The number of ether oxygens (including phenoxy) is 1. The standard InChI is InChI=1S/C30H50O2/c1-19(2)9-8-10-20(3)24-13-14-26-23-11-12-25-21(4)28(32-22(5)31)16-18-30(25,7)27(23)15-17-29(24,26)6/h19-20,23-24,26-28H,8-18H2,1-7H3. The third-order valence-electron chi connectivity index (χ3n) is 11.1. The largest absolute Gasteiger partial charge is 0.458 e. The van der Waals surface area contributed by atoms with Crippen LogP contribution in [-0.4, -0.2) is 12.1 Å². The normalized spacial score (nSPS) is 42.3. The Morgan fingerprint density at radius 2 is 1.75 bits per heavy atom. The predicted octanol–water partition coefficient (Wildman–Crippen LogP) is 8.35. The van der Waals surface area contributed by atoms with Crippen LogP contribution in [0.5, 0.6) is 0 Å². The fourth-order valence-corrected chi connectivity index (χ4v) is 9.50. The van der Waals surface area contributed by atoms with E-state index in [2.05, 4.69) is 41.5 Å². The molecule has 182 valence electrons. The first-order valence-electron chi connectivity index (χ1n) is 13.9. The minimum Gasteiger partial charge on any atom is -0.458 e. The molecule has 0 amide bonds. The molecular formula is C30H50O2. The summed E-state index contributed by atoms with van der Waals surface area (Å²) in [5.74, 6) is 5.22. The Bertz CT molecular complexity index is 735. The second-order valence-corrected chi connectivity index (χ2v) is 13.2. The van der Waals surface area contributed by atoms with Gasteiger partial charge in [-0.3, -0.25) is 4.79 Å². The highest BCUT2D eigenvalue weighted by Crippen LogP contribution is 2.68. The molecule has 4 aliphatic rings. The van der Waals surface area contributed by atoms with E-state index in [9.17, 15) is 4.79 Å². The Morgan fingerprint density at radius 1 is 1.00 bits per heavy atom. The van der Waals surface area contributed by atoms with Crippen molar-refractivity contribution in [2.24, 2.45) is 46.3 Å². The summed E-state index contributed by atoms with van der Waals surface area (Å²) in [5, 5.41) is 0. The third kappa shape index (κ3) is 4.11. The van der Waals surface area contributed by atoms with Gasteiger partial charge in [0.2, 0.25) is 0 Å². The minimum atomic E-state index is -0.125. The molecule has 2 nitrogen and oxygen atoms in total. The van der Waals surface area contributed by atoms with Gasteiger partial charge in [0.1, 0.15) is 6.10 Å². The van der Waals surface area contributed by atoms with Crippen LogP contribution >= 0.6 is 0 Å². The average molecular weight is 443 g/mol. The lowest BCUT2D eigenvalue weighted by molar-refractivity contribution is -0.146. The van der Waals surface area contributed by atoms with Gasteiger partial charge in [0.25, 0.3) is 0 Å². The highest BCUT2D eigenvalue weighted by molar-refractivity contribution is 5.66. The fraction of sp³-hybridized carbons (Fsp3) is 0.900. The summed E-state index contributed by atoms with van der Waals surface area (Å²) in [4.78, 5) is 11.6. The van der Waals surface area contributed by atoms with Gasteiger partial charge in [0, 0.05) is 6.92 Å². The molecule has 0 N–H and O–H groups in total. The third-order valence-corrected chi connectivity index (χ3v) is 11.1. The fourth-order valence-electron chi connectivity index (χ4n) is 9.50. The van der Waals surface area contributed by atoms with E-state index in [-0.39, 0.29) is 12.1 Å². The van der Waals surface area contributed by atoms with E-state index >= 15 is 0 Å². The van der Waals surface area contributed by atoms with E-state index in [0.717, 1.165) is 41.9 Å². The Kier molecular flexibility index (Phi) is 6.92. The molecule has 0 radical (unpaired) electrons. The molecule has 0 aromatic carbocycles. The quantitative estimate of drug-likeness (QED) is 0.305. The number of hydrogen-bond donors (Lipinski definition) is 0. The minimum absolute atomic E-state index is 0.0310. The maximum Gasteiger partial charge on any atom is 0.303 e. The van der Waals surface area contributed by atoms with Crippen molar-refractivity contribution in [3.05, 3.63) is 11.1 Å². The molecule has 0 spiro atoms. The van der Waals surface area contributed by atoms with E-state index in [1.54, 1.807) is 12.5 Å². The maximum atomic E-state index is 11.6. The van der Waals surface area contributed by atoms with Crippen molar-refractivity contribution in [1.29, 1.82) is 0 Å². The molecule has 3 saturated carbocycles. The smallest absolute Gasteiger partial charge is 0.303 e. The second-order valence-electron chi connectivity index (χ2n) is 13.2. The molecule has 0 bridgehead atoms. The summed E-state index contributed by atoms with van der Waals surface area (Å²) in [5.41, 5.74) is 3.96. The number of esters is 1. The van der Waals surface area contributed by atoms with Gasteiger partial charge in [-0.2, -0.15) is 0 Å². The van der Waals surface area contributed by atoms with Crippen LogP contribution in [0.25, 0.3) is 0 Å². The number of hydrogen-bond acceptors (Lipinski definition) is 2. The van der Waals surface area contributed by atoms with Crippen LogP contribution in [0.15, 0.2) is 11.1 Å². The highest BCUT2D eigenvalue weighted by atomic mass is 16.5. The molecular weight excluding hydrogens is 392 g/mol. The van der Waals surface area contributed by atoms with Crippen LogP contribution in [0.4, 0.5) is 0 Å². The van der Waals surface area contributed by atoms with Crippen molar-refractivity contribution in [3.63, 3.8) is 0 Å². The van der Waals surface area contributed by atoms with Gasteiger partial charge in [0.15, 0.2) is 0 Å². The number of allylic oxidation sites excluding steroid dienone is 1. The van der Waals surface area contributed by atoms with Crippen molar-refractivity contribution < 1.29 is 9.53 Å².